The van der Waals surface area contributed by atoms with Gasteiger partial charge in [-0.05, 0) is 43.7 Å². The van der Waals surface area contributed by atoms with E-state index in [0.29, 0.717) is 31.5 Å². The standard InChI is InChI=1S/C26H28N2O7S/c1-13-27-20(12-36-13)28-24(31)35-17-8-16-19(32-3)10-26(16)6-4-15-23(30)34-18(14-5-7-33-11-14)9-25(15,2)22(26)21(17)29/h5,7,10-12,15-18,22H,4,6,8-9H2,1-3H3,(H,28,31)/t15-,16-,17-,18-,22+,25-,26+/m0/s1. The average molecular weight is 513 g/mol. The lowest BCUT2D eigenvalue weighted by Crippen LogP contribution is -2.66. The number of Topliss-reactive ketones (excluding diaryl/α,β-unsaturated/α-hetero) is 1. The number of cyclic esters (lactones) is 1. The van der Waals surface area contributed by atoms with E-state index < -0.39 is 41.0 Å². The number of carbonyl (C=O) groups excluding carboxylic acids is 3. The highest BCUT2D eigenvalue weighted by molar-refractivity contribution is 7.09. The molecule has 3 fully saturated rings. The van der Waals surface area contributed by atoms with Crippen LogP contribution in [0.4, 0.5) is 10.6 Å². The molecule has 7 atom stereocenters. The average Bonchev–Trinajstić information content (AvgIpc) is 3.50. The number of allylic oxidation sites excluding steroid dienone is 2. The molecule has 36 heavy (non-hydrogen) atoms. The van der Waals surface area contributed by atoms with Gasteiger partial charge < -0.3 is 18.6 Å². The van der Waals surface area contributed by atoms with E-state index in [1.54, 1.807) is 31.1 Å². The lowest BCUT2D eigenvalue weighted by molar-refractivity contribution is -0.205. The Hall–Kier alpha value is -3.14. The van der Waals surface area contributed by atoms with Crippen molar-refractivity contribution in [2.24, 2.45) is 28.6 Å². The molecule has 1 amide bonds. The minimum absolute atomic E-state index is 0.0624. The second-order valence-corrected chi connectivity index (χ2v) is 11.6. The van der Waals surface area contributed by atoms with Gasteiger partial charge >= 0.3 is 12.1 Å². The number of nitrogens with one attached hydrogen (secondary N) is 1. The second-order valence-electron chi connectivity index (χ2n) is 10.5. The van der Waals surface area contributed by atoms with E-state index in [4.69, 9.17) is 18.6 Å². The van der Waals surface area contributed by atoms with Crippen molar-refractivity contribution in [3.05, 3.63) is 46.4 Å². The van der Waals surface area contributed by atoms with E-state index in [2.05, 4.69) is 16.4 Å². The molecule has 0 aromatic carbocycles. The zero-order valence-corrected chi connectivity index (χ0v) is 21.1. The first-order valence-corrected chi connectivity index (χ1v) is 13.1. The summed E-state index contributed by atoms with van der Waals surface area (Å²) in [7, 11) is 1.62. The van der Waals surface area contributed by atoms with Gasteiger partial charge in [0.25, 0.3) is 0 Å². The topological polar surface area (TPSA) is 117 Å². The predicted octanol–water partition coefficient (Wildman–Crippen LogP) is 4.80. The Kier molecular flexibility index (Phi) is 5.30. The zero-order chi connectivity index (χ0) is 25.2. The number of hydrogen-bond donors (Lipinski definition) is 1. The van der Waals surface area contributed by atoms with Crippen LogP contribution in [0.25, 0.3) is 0 Å². The van der Waals surface area contributed by atoms with Crippen LogP contribution in [0.2, 0.25) is 0 Å². The fourth-order valence-corrected chi connectivity index (χ4v) is 7.78. The Morgan fingerprint density at radius 2 is 2.14 bits per heavy atom. The van der Waals surface area contributed by atoms with Crippen LogP contribution in [-0.4, -0.2) is 36.0 Å². The molecule has 2 saturated carbocycles. The number of furan rings is 1. The van der Waals surface area contributed by atoms with E-state index in [9.17, 15) is 14.4 Å². The maximum atomic E-state index is 14.1. The van der Waals surface area contributed by atoms with Crippen LogP contribution in [0, 0.1) is 35.5 Å². The largest absolute Gasteiger partial charge is 0.501 e. The molecule has 0 unspecified atom stereocenters. The number of nitrogens with zero attached hydrogens (tertiary/aromatic N) is 1. The van der Waals surface area contributed by atoms with Crippen LogP contribution in [-0.2, 0) is 23.8 Å². The van der Waals surface area contributed by atoms with Crippen molar-refractivity contribution >= 4 is 35.0 Å². The molecule has 1 saturated heterocycles. The lowest BCUT2D eigenvalue weighted by Gasteiger charge is -2.64. The Labute approximate surface area is 212 Å². The van der Waals surface area contributed by atoms with Crippen LogP contribution in [0.3, 0.4) is 0 Å². The SMILES string of the molecule is COC1=C[C@@]23CC[C@H]4C(=O)O[C@H](c5ccoc5)C[C@]4(C)[C@H]2C(=O)[C@@H](OC(=O)Nc2csc(C)n2)C[C@@H]13. The van der Waals surface area contributed by atoms with Crippen molar-refractivity contribution in [2.45, 2.75) is 51.7 Å². The Morgan fingerprint density at radius 1 is 1.31 bits per heavy atom. The molecular formula is C26H28N2O7S. The first kappa shape index (κ1) is 23.3. The smallest absolute Gasteiger partial charge is 0.413 e. The van der Waals surface area contributed by atoms with Crippen molar-refractivity contribution in [2.75, 3.05) is 12.4 Å². The molecule has 6 rings (SSSR count). The molecule has 190 valence electrons. The van der Waals surface area contributed by atoms with Gasteiger partial charge in [0.2, 0.25) is 0 Å². The number of carbonyl (C=O) groups is 3. The van der Waals surface area contributed by atoms with E-state index in [1.165, 1.54) is 11.3 Å². The molecule has 9 nitrogen and oxygen atoms in total. The number of amides is 1. The van der Waals surface area contributed by atoms with Crippen LogP contribution >= 0.6 is 11.3 Å². The van der Waals surface area contributed by atoms with Gasteiger partial charge in [-0.1, -0.05) is 6.92 Å². The van der Waals surface area contributed by atoms with E-state index in [-0.39, 0.29) is 17.7 Å². The quantitative estimate of drug-likeness (QED) is 0.581. The van der Waals surface area contributed by atoms with E-state index in [1.807, 2.05) is 13.8 Å². The summed E-state index contributed by atoms with van der Waals surface area (Å²) in [6.45, 7) is 3.86. The summed E-state index contributed by atoms with van der Waals surface area (Å²) in [5.74, 6) is -0.214. The third kappa shape index (κ3) is 3.33. The number of methoxy groups -OCH3 is 1. The number of thiazole rings is 1. The minimum atomic E-state index is -0.951. The lowest BCUT2D eigenvalue weighted by atomic mass is 9.39. The monoisotopic (exact) mass is 512 g/mol. The highest BCUT2D eigenvalue weighted by atomic mass is 32.1. The number of esters is 1. The van der Waals surface area contributed by atoms with Crippen molar-refractivity contribution in [1.82, 2.24) is 4.98 Å². The van der Waals surface area contributed by atoms with Crippen LogP contribution in [0.5, 0.6) is 0 Å². The maximum Gasteiger partial charge on any atom is 0.413 e. The molecule has 10 heteroatoms. The number of rotatable bonds is 4. The molecule has 1 N–H and O–H groups in total. The van der Waals surface area contributed by atoms with Gasteiger partial charge in [-0.25, -0.2) is 9.78 Å². The first-order valence-electron chi connectivity index (χ1n) is 12.2. The van der Waals surface area contributed by atoms with Gasteiger partial charge in [-0.3, -0.25) is 14.9 Å². The fourth-order valence-electron chi connectivity index (χ4n) is 7.24. The molecule has 4 aliphatic rings. The number of aromatic nitrogens is 1. The van der Waals surface area contributed by atoms with Gasteiger partial charge in [0.05, 0.1) is 36.3 Å². The summed E-state index contributed by atoms with van der Waals surface area (Å²) < 4.78 is 22.4. The highest BCUT2D eigenvalue weighted by Gasteiger charge is 2.70. The Balaban J connectivity index is 1.33. The predicted molar refractivity (Wildman–Crippen MR) is 128 cm³/mol. The van der Waals surface area contributed by atoms with Gasteiger partial charge in [0, 0.05) is 34.6 Å². The maximum absolute atomic E-state index is 14.1. The second kappa shape index (κ2) is 8.19. The molecule has 1 spiro atoms. The fraction of sp³-hybridized carbons (Fsp3) is 0.538. The zero-order valence-electron chi connectivity index (χ0n) is 20.3. The number of ketones is 1. The third-order valence-electron chi connectivity index (χ3n) is 8.73. The molecule has 0 radical (unpaired) electrons. The van der Waals surface area contributed by atoms with Crippen LogP contribution in [0.15, 0.2) is 40.2 Å². The van der Waals surface area contributed by atoms with E-state index >= 15 is 0 Å². The van der Waals surface area contributed by atoms with Gasteiger partial charge in [0.15, 0.2) is 11.9 Å². The summed E-state index contributed by atoms with van der Waals surface area (Å²) >= 11 is 1.41. The number of aryl methyl sites for hydroxylation is 1. The molecule has 1 aliphatic heterocycles. The first-order chi connectivity index (χ1) is 17.2. The van der Waals surface area contributed by atoms with Crippen molar-refractivity contribution in [3.63, 3.8) is 0 Å². The number of fused-ring (bicyclic) bond motifs is 2. The minimum Gasteiger partial charge on any atom is -0.501 e. The molecule has 0 bridgehead atoms. The van der Waals surface area contributed by atoms with Gasteiger partial charge in [-0.2, -0.15) is 0 Å². The summed E-state index contributed by atoms with van der Waals surface area (Å²) in [4.78, 5) is 44.3. The Bertz CT molecular complexity index is 1250. The highest BCUT2D eigenvalue weighted by Crippen LogP contribution is 2.70. The van der Waals surface area contributed by atoms with Crippen LogP contribution < -0.4 is 5.32 Å². The summed E-state index contributed by atoms with van der Waals surface area (Å²) in [5.41, 5.74) is -0.324. The van der Waals surface area contributed by atoms with Gasteiger partial charge in [0.1, 0.15) is 11.9 Å². The summed E-state index contributed by atoms with van der Waals surface area (Å²) in [6, 6.07) is 1.79. The number of ether oxygens (including phenoxy) is 3. The van der Waals surface area contributed by atoms with Crippen molar-refractivity contribution < 1.29 is 33.0 Å². The van der Waals surface area contributed by atoms with E-state index in [0.717, 1.165) is 16.3 Å². The number of hydrogen-bond acceptors (Lipinski definition) is 9. The normalized spacial score (nSPS) is 36.9. The van der Waals surface area contributed by atoms with Crippen molar-refractivity contribution in [3.8, 4) is 0 Å². The van der Waals surface area contributed by atoms with Crippen molar-refractivity contribution in [1.29, 1.82) is 0 Å². The summed E-state index contributed by atoms with van der Waals surface area (Å²) in [6.07, 6.45) is 5.20. The number of anilines is 1. The molecule has 2 aromatic heterocycles. The molecule has 3 heterocycles. The van der Waals surface area contributed by atoms with Gasteiger partial charge in [-0.15, -0.1) is 11.3 Å². The molecule has 2 aromatic rings. The molecule has 3 aliphatic carbocycles. The third-order valence-corrected chi connectivity index (χ3v) is 9.50. The summed E-state index contributed by atoms with van der Waals surface area (Å²) in [5, 5.41) is 5.16. The molecular weight excluding hydrogens is 484 g/mol. The Morgan fingerprint density at radius 3 is 2.83 bits per heavy atom. The van der Waals surface area contributed by atoms with Crippen LogP contribution in [0.1, 0.15) is 49.3 Å².